The standard InChI is InChI=1S/C20H30N2O2/c1-21-13-8-14-22(16-15-21)19(23)20(24,17-9-4-2-5-10-17)18-11-6-3-7-12-18/h2,4-5,9-10,18,24H,3,6-8,11-16H2,1H3. The third kappa shape index (κ3) is 3.50. The number of aliphatic hydroxyl groups is 1. The van der Waals surface area contributed by atoms with Crippen LogP contribution in [0.4, 0.5) is 0 Å². The van der Waals surface area contributed by atoms with Crippen LogP contribution in [0, 0.1) is 5.92 Å². The van der Waals surface area contributed by atoms with E-state index in [2.05, 4.69) is 11.9 Å². The van der Waals surface area contributed by atoms with Crippen molar-refractivity contribution in [2.45, 2.75) is 44.1 Å². The molecule has 0 spiro atoms. The molecule has 2 fully saturated rings. The van der Waals surface area contributed by atoms with Gasteiger partial charge in [0.15, 0.2) is 5.60 Å². The molecule has 1 aromatic rings. The Balaban J connectivity index is 1.90. The van der Waals surface area contributed by atoms with Crippen molar-refractivity contribution in [3.05, 3.63) is 35.9 Å². The highest BCUT2D eigenvalue weighted by molar-refractivity contribution is 5.87. The van der Waals surface area contributed by atoms with Gasteiger partial charge in [-0.1, -0.05) is 49.6 Å². The van der Waals surface area contributed by atoms with Gasteiger partial charge in [0.2, 0.25) is 0 Å². The summed E-state index contributed by atoms with van der Waals surface area (Å²) in [5, 5.41) is 11.7. The number of hydrogen-bond donors (Lipinski definition) is 1. The molecule has 1 atom stereocenters. The van der Waals surface area contributed by atoms with Crippen LogP contribution in [0.15, 0.2) is 30.3 Å². The van der Waals surface area contributed by atoms with Crippen molar-refractivity contribution in [2.24, 2.45) is 5.92 Å². The second-order valence-electron chi connectivity index (χ2n) is 7.42. The summed E-state index contributed by atoms with van der Waals surface area (Å²) in [7, 11) is 2.10. The molecule has 1 unspecified atom stereocenters. The fraction of sp³-hybridized carbons (Fsp3) is 0.650. The van der Waals surface area contributed by atoms with Crippen molar-refractivity contribution in [2.75, 3.05) is 33.2 Å². The van der Waals surface area contributed by atoms with Crippen LogP contribution in [-0.2, 0) is 10.4 Å². The van der Waals surface area contributed by atoms with E-state index in [0.29, 0.717) is 6.54 Å². The summed E-state index contributed by atoms with van der Waals surface area (Å²) in [5.74, 6) is -0.0574. The Hall–Kier alpha value is -1.39. The molecule has 1 aliphatic carbocycles. The minimum Gasteiger partial charge on any atom is -0.375 e. The molecule has 1 heterocycles. The maximum atomic E-state index is 13.4. The Morgan fingerprint density at radius 3 is 2.42 bits per heavy atom. The average Bonchev–Trinajstić information content (AvgIpc) is 2.86. The minimum atomic E-state index is -1.37. The Morgan fingerprint density at radius 2 is 1.71 bits per heavy atom. The van der Waals surface area contributed by atoms with E-state index in [1.54, 1.807) is 0 Å². The van der Waals surface area contributed by atoms with Crippen LogP contribution in [0.25, 0.3) is 0 Å². The molecule has 1 aliphatic heterocycles. The van der Waals surface area contributed by atoms with E-state index in [0.717, 1.165) is 57.3 Å². The van der Waals surface area contributed by atoms with Gasteiger partial charge in [-0.3, -0.25) is 4.79 Å². The fourth-order valence-corrected chi connectivity index (χ4v) is 4.24. The van der Waals surface area contributed by atoms with Gasteiger partial charge in [-0.15, -0.1) is 0 Å². The maximum absolute atomic E-state index is 13.4. The quantitative estimate of drug-likeness (QED) is 0.926. The summed E-state index contributed by atoms with van der Waals surface area (Å²) in [6.07, 6.45) is 6.27. The van der Waals surface area contributed by atoms with Crippen LogP contribution in [0.2, 0.25) is 0 Å². The van der Waals surface area contributed by atoms with Crippen molar-refractivity contribution < 1.29 is 9.90 Å². The molecule has 2 aliphatic rings. The predicted octanol–water partition coefficient (Wildman–Crippen LogP) is 2.62. The third-order valence-corrected chi connectivity index (χ3v) is 5.74. The highest BCUT2D eigenvalue weighted by Gasteiger charge is 2.47. The molecule has 4 heteroatoms. The number of hydrogen-bond acceptors (Lipinski definition) is 3. The molecule has 0 bridgehead atoms. The lowest BCUT2D eigenvalue weighted by molar-refractivity contribution is -0.161. The molecule has 24 heavy (non-hydrogen) atoms. The van der Waals surface area contributed by atoms with Crippen LogP contribution < -0.4 is 0 Å². The molecule has 4 nitrogen and oxygen atoms in total. The van der Waals surface area contributed by atoms with Gasteiger partial charge in [-0.25, -0.2) is 0 Å². The maximum Gasteiger partial charge on any atom is 0.259 e. The molecule has 1 N–H and O–H groups in total. The smallest absolute Gasteiger partial charge is 0.259 e. The Labute approximate surface area is 145 Å². The Kier molecular flexibility index (Phi) is 5.57. The molecule has 0 radical (unpaired) electrons. The van der Waals surface area contributed by atoms with Gasteiger partial charge in [0, 0.05) is 25.6 Å². The predicted molar refractivity (Wildman–Crippen MR) is 95.6 cm³/mol. The first-order chi connectivity index (χ1) is 11.6. The number of rotatable bonds is 3. The molecule has 3 rings (SSSR count). The van der Waals surface area contributed by atoms with Gasteiger partial charge in [0.05, 0.1) is 0 Å². The fourth-order valence-electron chi connectivity index (χ4n) is 4.24. The van der Waals surface area contributed by atoms with Crippen molar-refractivity contribution in [3.63, 3.8) is 0 Å². The van der Waals surface area contributed by atoms with Crippen LogP contribution >= 0.6 is 0 Å². The second-order valence-corrected chi connectivity index (χ2v) is 7.42. The summed E-state index contributed by atoms with van der Waals surface area (Å²) in [6.45, 7) is 3.33. The van der Waals surface area contributed by atoms with Crippen LogP contribution in [0.1, 0.15) is 44.1 Å². The van der Waals surface area contributed by atoms with Gasteiger partial charge in [0.1, 0.15) is 0 Å². The first kappa shape index (κ1) is 17.4. The van der Waals surface area contributed by atoms with Crippen molar-refractivity contribution >= 4 is 5.91 Å². The molecule has 1 saturated carbocycles. The van der Waals surface area contributed by atoms with Crippen LogP contribution in [0.5, 0.6) is 0 Å². The number of nitrogens with zero attached hydrogens (tertiary/aromatic N) is 2. The number of carbonyl (C=O) groups is 1. The molecule has 1 amide bonds. The highest BCUT2D eigenvalue weighted by atomic mass is 16.3. The number of likely N-dealkylation sites (N-methyl/N-ethyl adjacent to an activating group) is 1. The third-order valence-electron chi connectivity index (χ3n) is 5.74. The average molecular weight is 330 g/mol. The van der Waals surface area contributed by atoms with E-state index >= 15 is 0 Å². The summed E-state index contributed by atoms with van der Waals surface area (Å²) >= 11 is 0. The molecule has 0 aromatic heterocycles. The van der Waals surface area contributed by atoms with Gasteiger partial charge >= 0.3 is 0 Å². The van der Waals surface area contributed by atoms with E-state index in [-0.39, 0.29) is 11.8 Å². The Bertz CT molecular complexity index is 542. The zero-order valence-corrected chi connectivity index (χ0v) is 14.8. The number of carbonyl (C=O) groups excluding carboxylic acids is 1. The molecule has 1 aromatic carbocycles. The van der Waals surface area contributed by atoms with Crippen LogP contribution in [-0.4, -0.2) is 54.0 Å². The molecule has 132 valence electrons. The zero-order valence-electron chi connectivity index (χ0n) is 14.8. The largest absolute Gasteiger partial charge is 0.375 e. The molecular formula is C20H30N2O2. The normalized spacial score (nSPS) is 23.5. The molecule has 1 saturated heterocycles. The van der Waals surface area contributed by atoms with E-state index in [4.69, 9.17) is 0 Å². The van der Waals surface area contributed by atoms with Gasteiger partial charge in [-0.05, 0) is 38.4 Å². The lowest BCUT2D eigenvalue weighted by Gasteiger charge is -2.40. The summed E-state index contributed by atoms with van der Waals surface area (Å²) in [6, 6.07) is 9.61. The van der Waals surface area contributed by atoms with Gasteiger partial charge < -0.3 is 14.9 Å². The number of benzene rings is 1. The van der Waals surface area contributed by atoms with Gasteiger partial charge in [-0.2, -0.15) is 0 Å². The lowest BCUT2D eigenvalue weighted by atomic mass is 9.72. The first-order valence-electron chi connectivity index (χ1n) is 9.38. The van der Waals surface area contributed by atoms with Crippen LogP contribution in [0.3, 0.4) is 0 Å². The van der Waals surface area contributed by atoms with Crippen molar-refractivity contribution in [1.29, 1.82) is 0 Å². The van der Waals surface area contributed by atoms with E-state index < -0.39 is 5.60 Å². The molecular weight excluding hydrogens is 300 g/mol. The van der Waals surface area contributed by atoms with Crippen molar-refractivity contribution in [3.8, 4) is 0 Å². The summed E-state index contributed by atoms with van der Waals surface area (Å²) in [4.78, 5) is 17.6. The topological polar surface area (TPSA) is 43.8 Å². The van der Waals surface area contributed by atoms with E-state index in [9.17, 15) is 9.90 Å². The monoisotopic (exact) mass is 330 g/mol. The zero-order chi connectivity index (χ0) is 17.0. The highest BCUT2D eigenvalue weighted by Crippen LogP contribution is 2.40. The Morgan fingerprint density at radius 1 is 1.00 bits per heavy atom. The second kappa shape index (κ2) is 7.66. The SMILES string of the molecule is CN1CCCN(C(=O)C(O)(c2ccccc2)C2CCCCC2)CC1. The van der Waals surface area contributed by atoms with Gasteiger partial charge in [0.25, 0.3) is 5.91 Å². The van der Waals surface area contributed by atoms with E-state index in [1.807, 2.05) is 35.2 Å². The summed E-state index contributed by atoms with van der Waals surface area (Å²) in [5.41, 5.74) is -0.607. The van der Waals surface area contributed by atoms with Crippen molar-refractivity contribution in [1.82, 2.24) is 9.80 Å². The number of amides is 1. The van der Waals surface area contributed by atoms with E-state index in [1.165, 1.54) is 6.42 Å². The summed E-state index contributed by atoms with van der Waals surface area (Å²) < 4.78 is 0. The lowest BCUT2D eigenvalue weighted by Crippen LogP contribution is -2.52. The first-order valence-corrected chi connectivity index (χ1v) is 9.38. The minimum absolute atomic E-state index is 0.0298.